The van der Waals surface area contributed by atoms with Crippen LogP contribution in [0, 0.1) is 0 Å². The molecule has 0 saturated heterocycles. The quantitative estimate of drug-likeness (QED) is 0.830. The molecule has 0 bridgehead atoms. The molecule has 1 amide bonds. The van der Waals surface area contributed by atoms with E-state index in [-0.39, 0.29) is 23.9 Å². The zero-order valence-electron chi connectivity index (χ0n) is 13.6. The average molecular weight is 339 g/mol. The molecule has 3 N–H and O–H groups in total. The van der Waals surface area contributed by atoms with E-state index in [2.05, 4.69) is 17.4 Å². The minimum Gasteiger partial charge on any atom is -0.372 e. The largest absolute Gasteiger partial charge is 0.372 e. The third-order valence-corrected chi connectivity index (χ3v) is 4.89. The van der Waals surface area contributed by atoms with Gasteiger partial charge in [-0.3, -0.25) is 4.79 Å². The minimum absolute atomic E-state index is 0. The third-order valence-electron chi connectivity index (χ3n) is 4.89. The molecule has 0 radical (unpaired) electrons. The zero-order chi connectivity index (χ0) is 15.4. The smallest absolute Gasteiger partial charge is 0.224 e. The van der Waals surface area contributed by atoms with Crippen molar-refractivity contribution in [3.05, 3.63) is 34.9 Å². The van der Waals surface area contributed by atoms with Gasteiger partial charge in [-0.2, -0.15) is 0 Å². The number of amides is 1. The first kappa shape index (κ1) is 18.2. The molecule has 0 unspecified atom stereocenters. The summed E-state index contributed by atoms with van der Waals surface area (Å²) in [7, 11) is 0. The molecular formula is C18H27ClN2O2. The molecule has 1 heterocycles. The van der Waals surface area contributed by atoms with E-state index in [4.69, 9.17) is 10.5 Å². The van der Waals surface area contributed by atoms with Crippen LogP contribution in [0.15, 0.2) is 18.2 Å². The van der Waals surface area contributed by atoms with Crippen molar-refractivity contribution in [1.29, 1.82) is 0 Å². The number of carbonyl (C=O) groups is 1. The summed E-state index contributed by atoms with van der Waals surface area (Å²) in [5.41, 5.74) is 9.73. The van der Waals surface area contributed by atoms with E-state index in [9.17, 15) is 4.79 Å². The molecular weight excluding hydrogens is 312 g/mol. The maximum Gasteiger partial charge on any atom is 0.224 e. The molecule has 1 aromatic carbocycles. The van der Waals surface area contributed by atoms with Crippen LogP contribution in [-0.4, -0.2) is 18.0 Å². The Morgan fingerprint density at radius 1 is 1.13 bits per heavy atom. The predicted octanol–water partition coefficient (Wildman–Crippen LogP) is 2.85. The van der Waals surface area contributed by atoms with Crippen molar-refractivity contribution in [2.45, 2.75) is 63.7 Å². The van der Waals surface area contributed by atoms with Crippen molar-refractivity contribution in [2.24, 2.45) is 5.73 Å². The van der Waals surface area contributed by atoms with E-state index in [0.717, 1.165) is 18.4 Å². The summed E-state index contributed by atoms with van der Waals surface area (Å²) in [6.07, 6.45) is 7.35. The van der Waals surface area contributed by atoms with Gasteiger partial charge in [-0.15, -0.1) is 12.4 Å². The van der Waals surface area contributed by atoms with Crippen LogP contribution in [0.2, 0.25) is 0 Å². The highest BCUT2D eigenvalue weighted by Gasteiger charge is 2.26. The fraction of sp³-hybridized carbons (Fsp3) is 0.611. The number of hydrogen-bond acceptors (Lipinski definition) is 3. The first-order chi connectivity index (χ1) is 10.6. The maximum absolute atomic E-state index is 12.2. The number of ether oxygens (including phenoxy) is 1. The molecule has 2 aliphatic rings. The van der Waals surface area contributed by atoms with Crippen molar-refractivity contribution in [3.8, 4) is 0 Å². The zero-order valence-corrected chi connectivity index (χ0v) is 14.4. The lowest BCUT2D eigenvalue weighted by molar-refractivity contribution is -0.120. The van der Waals surface area contributed by atoms with Gasteiger partial charge in [0.05, 0.1) is 19.6 Å². The molecule has 1 fully saturated rings. The predicted molar refractivity (Wildman–Crippen MR) is 93.5 cm³/mol. The molecule has 1 aliphatic heterocycles. The fourth-order valence-electron chi connectivity index (χ4n) is 3.47. The molecule has 23 heavy (non-hydrogen) atoms. The molecule has 0 aromatic heterocycles. The Balaban J connectivity index is 0.00000192. The van der Waals surface area contributed by atoms with Crippen LogP contribution in [0.1, 0.15) is 55.2 Å². The van der Waals surface area contributed by atoms with E-state index in [1.807, 2.05) is 6.07 Å². The standard InChI is InChI=1S/C18H26N2O2.ClH/c19-18(7-3-1-2-4-8-18)13-20-17(21)10-14-5-6-15-11-22-12-16(15)9-14;/h5-6,9H,1-4,7-8,10-13,19H2,(H,20,21);1H. The van der Waals surface area contributed by atoms with Gasteiger partial charge in [0.15, 0.2) is 0 Å². The van der Waals surface area contributed by atoms with Crippen molar-refractivity contribution in [1.82, 2.24) is 5.32 Å². The lowest BCUT2D eigenvalue weighted by atomic mass is 9.91. The molecule has 3 rings (SSSR count). The Kier molecular flexibility index (Phi) is 6.45. The van der Waals surface area contributed by atoms with Gasteiger partial charge in [0, 0.05) is 12.1 Å². The molecule has 1 saturated carbocycles. The average Bonchev–Trinajstić information content (AvgIpc) is 2.86. The van der Waals surface area contributed by atoms with Crippen LogP contribution in [0.3, 0.4) is 0 Å². The second-order valence-electron chi connectivity index (χ2n) is 6.83. The lowest BCUT2D eigenvalue weighted by Crippen LogP contribution is -2.50. The van der Waals surface area contributed by atoms with E-state index >= 15 is 0 Å². The van der Waals surface area contributed by atoms with E-state index < -0.39 is 0 Å². The highest BCUT2D eigenvalue weighted by molar-refractivity contribution is 5.85. The number of hydrogen-bond donors (Lipinski definition) is 2. The van der Waals surface area contributed by atoms with Gasteiger partial charge in [0.1, 0.15) is 0 Å². The van der Waals surface area contributed by atoms with Crippen molar-refractivity contribution < 1.29 is 9.53 Å². The summed E-state index contributed by atoms with van der Waals surface area (Å²) in [6.45, 7) is 1.95. The van der Waals surface area contributed by atoms with Gasteiger partial charge in [-0.05, 0) is 29.5 Å². The van der Waals surface area contributed by atoms with Gasteiger partial charge in [0.25, 0.3) is 0 Å². The van der Waals surface area contributed by atoms with Crippen LogP contribution < -0.4 is 11.1 Å². The number of fused-ring (bicyclic) bond motifs is 1. The third kappa shape index (κ3) is 4.93. The second-order valence-corrected chi connectivity index (χ2v) is 6.83. The van der Waals surface area contributed by atoms with Crippen molar-refractivity contribution >= 4 is 18.3 Å². The van der Waals surface area contributed by atoms with Gasteiger partial charge in [-0.25, -0.2) is 0 Å². The lowest BCUT2D eigenvalue weighted by Gasteiger charge is -2.28. The number of nitrogens with two attached hydrogens (primary N) is 1. The Hall–Kier alpha value is -1.10. The number of benzene rings is 1. The summed E-state index contributed by atoms with van der Waals surface area (Å²) in [5.74, 6) is 0.0629. The van der Waals surface area contributed by atoms with E-state index in [1.165, 1.54) is 36.8 Å². The molecule has 5 heteroatoms. The van der Waals surface area contributed by atoms with Crippen molar-refractivity contribution in [2.75, 3.05) is 6.54 Å². The molecule has 0 spiro atoms. The topological polar surface area (TPSA) is 64.3 Å². The van der Waals surface area contributed by atoms with E-state index in [1.54, 1.807) is 0 Å². The number of carbonyl (C=O) groups excluding carboxylic acids is 1. The fourth-order valence-corrected chi connectivity index (χ4v) is 3.47. The Morgan fingerprint density at radius 3 is 2.57 bits per heavy atom. The summed E-state index contributed by atoms with van der Waals surface area (Å²) in [6, 6.07) is 6.18. The van der Waals surface area contributed by atoms with Gasteiger partial charge >= 0.3 is 0 Å². The molecule has 0 atom stereocenters. The van der Waals surface area contributed by atoms with Crippen LogP contribution in [0.25, 0.3) is 0 Å². The summed E-state index contributed by atoms with van der Waals surface area (Å²) < 4.78 is 5.41. The minimum atomic E-state index is -0.210. The monoisotopic (exact) mass is 338 g/mol. The highest BCUT2D eigenvalue weighted by Crippen LogP contribution is 2.24. The Bertz CT molecular complexity index is 540. The maximum atomic E-state index is 12.2. The summed E-state index contributed by atoms with van der Waals surface area (Å²) in [5, 5.41) is 3.04. The summed E-state index contributed by atoms with van der Waals surface area (Å²) in [4.78, 5) is 12.2. The first-order valence-corrected chi connectivity index (χ1v) is 8.39. The van der Waals surface area contributed by atoms with Crippen LogP contribution in [-0.2, 0) is 29.2 Å². The van der Waals surface area contributed by atoms with Gasteiger partial charge in [0.2, 0.25) is 5.91 Å². The molecule has 1 aromatic rings. The van der Waals surface area contributed by atoms with Crippen molar-refractivity contribution in [3.63, 3.8) is 0 Å². The van der Waals surface area contributed by atoms with Crippen LogP contribution in [0.4, 0.5) is 0 Å². The number of nitrogens with one attached hydrogen (secondary N) is 1. The molecule has 4 nitrogen and oxygen atoms in total. The van der Waals surface area contributed by atoms with Crippen LogP contribution in [0.5, 0.6) is 0 Å². The van der Waals surface area contributed by atoms with Crippen LogP contribution >= 0.6 is 12.4 Å². The van der Waals surface area contributed by atoms with E-state index in [0.29, 0.717) is 26.2 Å². The summed E-state index contributed by atoms with van der Waals surface area (Å²) >= 11 is 0. The normalized spacial score (nSPS) is 19.3. The first-order valence-electron chi connectivity index (χ1n) is 8.39. The Morgan fingerprint density at radius 2 is 1.83 bits per heavy atom. The van der Waals surface area contributed by atoms with Gasteiger partial charge in [-0.1, -0.05) is 43.9 Å². The second kappa shape index (κ2) is 8.13. The number of halogens is 1. The SMILES string of the molecule is Cl.NC1(CNC(=O)Cc2ccc3c(c2)COC3)CCCCCC1. The molecule has 128 valence electrons. The number of rotatable bonds is 4. The highest BCUT2D eigenvalue weighted by atomic mass is 35.5. The Labute approximate surface area is 144 Å². The van der Waals surface area contributed by atoms with Gasteiger partial charge < -0.3 is 15.8 Å². The molecule has 1 aliphatic carbocycles.